The molecule has 1 aliphatic rings. The summed E-state index contributed by atoms with van der Waals surface area (Å²) in [5.41, 5.74) is -0.270. The summed E-state index contributed by atoms with van der Waals surface area (Å²) < 4.78 is 29.7. The van der Waals surface area contributed by atoms with Crippen molar-refractivity contribution in [3.05, 3.63) is 68.9 Å². The highest BCUT2D eigenvalue weighted by Crippen LogP contribution is 2.34. The zero-order valence-electron chi connectivity index (χ0n) is 14.1. The number of aromatic nitrogens is 4. The highest BCUT2D eigenvalue weighted by atomic mass is 19.1. The zero-order valence-corrected chi connectivity index (χ0v) is 14.1. The SMILES string of the molecule is O=c1[nH]c2cc3c(cc2c(=O)n1Cc1nc(-c2ccc(F)cc2)no1)OCO3. The van der Waals surface area contributed by atoms with E-state index in [9.17, 15) is 14.0 Å². The molecule has 0 spiro atoms. The van der Waals surface area contributed by atoms with Crippen molar-refractivity contribution in [3.8, 4) is 22.9 Å². The Hall–Kier alpha value is -3.95. The smallest absolute Gasteiger partial charge is 0.329 e. The molecule has 140 valence electrons. The Morgan fingerprint density at radius 2 is 1.86 bits per heavy atom. The lowest BCUT2D eigenvalue weighted by Crippen LogP contribution is -2.35. The van der Waals surface area contributed by atoms with Crippen molar-refractivity contribution in [1.29, 1.82) is 0 Å². The first-order valence-electron chi connectivity index (χ1n) is 8.23. The fourth-order valence-corrected chi connectivity index (χ4v) is 2.96. The maximum absolute atomic E-state index is 13.0. The summed E-state index contributed by atoms with van der Waals surface area (Å²) in [4.78, 5) is 32.0. The van der Waals surface area contributed by atoms with E-state index in [-0.39, 0.29) is 36.3 Å². The highest BCUT2D eigenvalue weighted by Gasteiger charge is 2.19. The lowest BCUT2D eigenvalue weighted by Gasteiger charge is -2.05. The predicted octanol–water partition coefficient (Wildman–Crippen LogP) is 1.66. The van der Waals surface area contributed by atoms with Crippen molar-refractivity contribution in [3.63, 3.8) is 0 Å². The number of nitrogens with zero attached hydrogens (tertiary/aromatic N) is 3. The van der Waals surface area contributed by atoms with Crippen LogP contribution in [0.25, 0.3) is 22.3 Å². The van der Waals surface area contributed by atoms with Crippen LogP contribution < -0.4 is 20.7 Å². The first kappa shape index (κ1) is 16.2. The molecule has 28 heavy (non-hydrogen) atoms. The van der Waals surface area contributed by atoms with Gasteiger partial charge in [0.1, 0.15) is 12.4 Å². The Morgan fingerprint density at radius 1 is 1.11 bits per heavy atom. The average Bonchev–Trinajstić information content (AvgIpc) is 3.33. The molecule has 0 unspecified atom stereocenters. The second-order valence-electron chi connectivity index (χ2n) is 6.09. The molecule has 1 aliphatic heterocycles. The molecule has 0 bridgehead atoms. The van der Waals surface area contributed by atoms with Gasteiger partial charge in [0.25, 0.3) is 5.56 Å². The van der Waals surface area contributed by atoms with Crippen LogP contribution in [0.3, 0.4) is 0 Å². The molecule has 2 aromatic heterocycles. The number of aromatic amines is 1. The fraction of sp³-hybridized carbons (Fsp3) is 0.111. The topological polar surface area (TPSA) is 112 Å². The van der Waals surface area contributed by atoms with Crippen LogP contribution in [0.2, 0.25) is 0 Å². The first-order valence-corrected chi connectivity index (χ1v) is 8.23. The van der Waals surface area contributed by atoms with Gasteiger partial charge in [-0.25, -0.2) is 9.18 Å². The largest absolute Gasteiger partial charge is 0.454 e. The van der Waals surface area contributed by atoms with Crippen LogP contribution in [0, 0.1) is 5.82 Å². The summed E-state index contributed by atoms with van der Waals surface area (Å²) >= 11 is 0. The number of benzene rings is 2. The number of fused-ring (bicyclic) bond motifs is 2. The van der Waals surface area contributed by atoms with E-state index in [1.165, 1.54) is 30.3 Å². The molecule has 2 aromatic carbocycles. The van der Waals surface area contributed by atoms with Gasteiger partial charge in [0.2, 0.25) is 18.5 Å². The van der Waals surface area contributed by atoms with E-state index in [2.05, 4.69) is 15.1 Å². The van der Waals surface area contributed by atoms with Gasteiger partial charge < -0.3 is 19.0 Å². The quantitative estimate of drug-likeness (QED) is 0.573. The number of H-pyrrole nitrogens is 1. The maximum Gasteiger partial charge on any atom is 0.329 e. The minimum atomic E-state index is -0.627. The van der Waals surface area contributed by atoms with Gasteiger partial charge in [-0.1, -0.05) is 5.16 Å². The van der Waals surface area contributed by atoms with Crippen molar-refractivity contribution >= 4 is 10.9 Å². The second-order valence-corrected chi connectivity index (χ2v) is 6.09. The molecule has 0 saturated carbocycles. The molecule has 0 atom stereocenters. The third kappa shape index (κ3) is 2.62. The van der Waals surface area contributed by atoms with Crippen molar-refractivity contribution in [2.45, 2.75) is 6.54 Å². The van der Waals surface area contributed by atoms with Crippen LogP contribution >= 0.6 is 0 Å². The van der Waals surface area contributed by atoms with Crippen molar-refractivity contribution in [2.24, 2.45) is 0 Å². The van der Waals surface area contributed by atoms with E-state index in [1.54, 1.807) is 6.07 Å². The standard InChI is InChI=1S/C18H11FN4O5/c19-10-3-1-9(2-4-10)16-21-15(28-22-16)7-23-17(24)11-5-13-14(27-8-26-13)6-12(11)20-18(23)25/h1-6H,7-8H2,(H,20,25). The van der Waals surface area contributed by atoms with E-state index in [0.717, 1.165) is 4.57 Å². The molecule has 0 radical (unpaired) electrons. The summed E-state index contributed by atoms with van der Waals surface area (Å²) in [5, 5.41) is 4.07. The highest BCUT2D eigenvalue weighted by molar-refractivity contribution is 5.81. The van der Waals surface area contributed by atoms with E-state index in [0.29, 0.717) is 22.6 Å². The van der Waals surface area contributed by atoms with Crippen LogP contribution in [0.1, 0.15) is 5.89 Å². The zero-order chi connectivity index (χ0) is 19.3. The van der Waals surface area contributed by atoms with E-state index in [1.807, 2.05) is 0 Å². The Morgan fingerprint density at radius 3 is 2.64 bits per heavy atom. The van der Waals surface area contributed by atoms with Gasteiger partial charge >= 0.3 is 5.69 Å². The molecule has 0 fully saturated rings. The van der Waals surface area contributed by atoms with E-state index >= 15 is 0 Å². The lowest BCUT2D eigenvalue weighted by molar-refractivity contribution is 0.174. The molecule has 5 rings (SSSR count). The van der Waals surface area contributed by atoms with Gasteiger partial charge in [-0.15, -0.1) is 0 Å². The van der Waals surface area contributed by atoms with Gasteiger partial charge in [0.05, 0.1) is 10.9 Å². The number of rotatable bonds is 3. The normalized spacial score (nSPS) is 12.6. The van der Waals surface area contributed by atoms with Gasteiger partial charge in [0, 0.05) is 11.6 Å². The minimum absolute atomic E-state index is 0.0538. The maximum atomic E-state index is 13.0. The lowest BCUT2D eigenvalue weighted by atomic mass is 10.2. The fourth-order valence-electron chi connectivity index (χ4n) is 2.96. The van der Waals surface area contributed by atoms with Gasteiger partial charge in [0.15, 0.2) is 11.5 Å². The Balaban J connectivity index is 1.53. The molecule has 4 aromatic rings. The third-order valence-electron chi connectivity index (χ3n) is 4.34. The molecular formula is C18H11FN4O5. The molecule has 10 heteroatoms. The van der Waals surface area contributed by atoms with Crippen molar-refractivity contribution < 1.29 is 18.4 Å². The molecule has 9 nitrogen and oxygen atoms in total. The molecule has 3 heterocycles. The minimum Gasteiger partial charge on any atom is -0.454 e. The number of hydrogen-bond donors (Lipinski definition) is 1. The summed E-state index contributed by atoms with van der Waals surface area (Å²) in [5.74, 6) is 0.791. The van der Waals surface area contributed by atoms with Crippen LogP contribution in [-0.2, 0) is 6.54 Å². The molecule has 0 amide bonds. The number of nitrogens with one attached hydrogen (secondary N) is 1. The molecule has 0 saturated heterocycles. The number of halogens is 1. The van der Waals surface area contributed by atoms with Crippen molar-refractivity contribution in [2.75, 3.05) is 6.79 Å². The Labute approximate surface area is 155 Å². The summed E-state index contributed by atoms with van der Waals surface area (Å²) in [6.07, 6.45) is 0. The van der Waals surface area contributed by atoms with Crippen LogP contribution in [-0.4, -0.2) is 26.5 Å². The van der Waals surface area contributed by atoms with Gasteiger partial charge in [-0.3, -0.25) is 9.36 Å². The molecular weight excluding hydrogens is 371 g/mol. The van der Waals surface area contributed by atoms with Gasteiger partial charge in [-0.2, -0.15) is 4.98 Å². The van der Waals surface area contributed by atoms with E-state index < -0.39 is 11.2 Å². The molecule has 0 aliphatic carbocycles. The van der Waals surface area contributed by atoms with E-state index in [4.69, 9.17) is 14.0 Å². The van der Waals surface area contributed by atoms with Crippen molar-refractivity contribution in [1.82, 2.24) is 19.7 Å². The Kier molecular flexibility index (Phi) is 3.51. The summed E-state index contributed by atoms with van der Waals surface area (Å²) in [6.45, 7) is -0.162. The first-order chi connectivity index (χ1) is 13.6. The summed E-state index contributed by atoms with van der Waals surface area (Å²) in [7, 11) is 0. The average molecular weight is 382 g/mol. The van der Waals surface area contributed by atoms with Gasteiger partial charge in [-0.05, 0) is 30.3 Å². The number of hydrogen-bond acceptors (Lipinski definition) is 7. The summed E-state index contributed by atoms with van der Waals surface area (Å²) in [6, 6.07) is 8.61. The second kappa shape index (κ2) is 6.05. The predicted molar refractivity (Wildman–Crippen MR) is 93.7 cm³/mol. The van der Waals surface area contributed by atoms with Crippen LogP contribution in [0.5, 0.6) is 11.5 Å². The van der Waals surface area contributed by atoms with Crippen LogP contribution in [0.4, 0.5) is 4.39 Å². The number of ether oxygens (including phenoxy) is 2. The Bertz CT molecular complexity index is 1320. The monoisotopic (exact) mass is 382 g/mol. The third-order valence-corrected chi connectivity index (χ3v) is 4.34. The van der Waals surface area contributed by atoms with Crippen LogP contribution in [0.15, 0.2) is 50.5 Å². The molecule has 1 N–H and O–H groups in total.